The molecule has 7 nitrogen and oxygen atoms in total. The topological polar surface area (TPSA) is 104 Å². The molecule has 1 atom stereocenters. The molecule has 0 fully saturated rings. The Bertz CT molecular complexity index is 412. The first-order chi connectivity index (χ1) is 9.45. The number of unbranched alkanes of at least 4 members (excludes halogenated alkanes) is 1. The number of carbonyl (C=O) groups is 1. The molecular formula is C13H27NO6S. The molecule has 0 rings (SSSR count). The zero-order valence-electron chi connectivity index (χ0n) is 13.3. The van der Waals surface area contributed by atoms with E-state index < -0.39 is 10.1 Å². The van der Waals surface area contributed by atoms with E-state index in [0.717, 1.165) is 19.4 Å². The largest absolute Gasteiger partial charge is 0.748 e. The fraction of sp³-hybridized carbons (Fsp3) is 0.769. The van der Waals surface area contributed by atoms with Crippen molar-refractivity contribution in [2.75, 3.05) is 39.7 Å². The number of hydrogen-bond donors (Lipinski definition) is 1. The van der Waals surface area contributed by atoms with Gasteiger partial charge in [-0.05, 0) is 13.3 Å². The lowest BCUT2D eigenvalue weighted by molar-refractivity contribution is -0.926. The molecule has 1 unspecified atom stereocenters. The first kappa shape index (κ1) is 22.3. The number of esters is 1. The molecule has 0 heterocycles. The minimum Gasteiger partial charge on any atom is -0.748 e. The lowest BCUT2D eigenvalue weighted by atomic mass is 10.3. The van der Waals surface area contributed by atoms with E-state index in [0.29, 0.717) is 29.6 Å². The zero-order valence-corrected chi connectivity index (χ0v) is 14.1. The molecule has 0 spiro atoms. The maximum absolute atomic E-state index is 11.3. The maximum Gasteiger partial charge on any atom is 0.337 e. The number of quaternary nitrogens is 1. The van der Waals surface area contributed by atoms with E-state index >= 15 is 0 Å². The monoisotopic (exact) mass is 325 g/mol. The summed E-state index contributed by atoms with van der Waals surface area (Å²) >= 11 is 0. The lowest BCUT2D eigenvalue weighted by Gasteiger charge is -2.32. The summed E-state index contributed by atoms with van der Waals surface area (Å²) in [5.41, 5.74) is 0.408. The van der Waals surface area contributed by atoms with Crippen molar-refractivity contribution in [2.24, 2.45) is 0 Å². The van der Waals surface area contributed by atoms with Crippen LogP contribution in [0.2, 0.25) is 0 Å². The Morgan fingerprint density at radius 3 is 2.19 bits per heavy atom. The first-order valence-corrected chi connectivity index (χ1v) is 8.44. The van der Waals surface area contributed by atoms with Crippen molar-refractivity contribution < 1.29 is 32.1 Å². The third-order valence-corrected chi connectivity index (χ3v) is 2.55. The minimum atomic E-state index is -3.92. The van der Waals surface area contributed by atoms with Gasteiger partial charge in [0.25, 0.3) is 0 Å². The van der Waals surface area contributed by atoms with Crippen LogP contribution < -0.4 is 0 Å². The molecule has 0 aliphatic rings. The van der Waals surface area contributed by atoms with Gasteiger partial charge in [-0.3, -0.25) is 4.48 Å². The van der Waals surface area contributed by atoms with Crippen molar-refractivity contribution in [3.8, 4) is 0 Å². The molecule has 0 aromatic rings. The lowest BCUT2D eigenvalue weighted by Crippen LogP contribution is -2.48. The highest BCUT2D eigenvalue weighted by molar-refractivity contribution is 7.84. The van der Waals surface area contributed by atoms with E-state index in [1.807, 2.05) is 7.05 Å². The number of aliphatic hydroxyl groups excluding tert-OH is 1. The molecule has 126 valence electrons. The number of ether oxygens (including phenoxy) is 1. The molecule has 0 saturated carbocycles. The molecule has 0 bridgehead atoms. The average Bonchev–Trinajstić information content (AvgIpc) is 2.32. The van der Waals surface area contributed by atoms with Crippen LogP contribution in [0.15, 0.2) is 12.2 Å². The van der Waals surface area contributed by atoms with Gasteiger partial charge in [0.2, 0.25) is 6.73 Å². The Balaban J connectivity index is 0. The van der Waals surface area contributed by atoms with Gasteiger partial charge in [-0.2, -0.15) is 0 Å². The Kier molecular flexibility index (Phi) is 11.4. The summed E-state index contributed by atoms with van der Waals surface area (Å²) < 4.78 is 32.9. The number of nitrogens with zero attached hydrogens (tertiary/aromatic N) is 1. The molecule has 0 aromatic carbocycles. The van der Waals surface area contributed by atoms with E-state index in [1.165, 1.54) is 0 Å². The summed E-state index contributed by atoms with van der Waals surface area (Å²) in [5.74, 6) is -0.362. The third-order valence-electron chi connectivity index (χ3n) is 2.55. The smallest absolute Gasteiger partial charge is 0.337 e. The molecule has 8 heteroatoms. The molecule has 0 saturated heterocycles. The number of aliphatic hydroxyl groups is 1. The van der Waals surface area contributed by atoms with Gasteiger partial charge in [0.05, 0.1) is 30.3 Å². The summed E-state index contributed by atoms with van der Waals surface area (Å²) in [6.07, 6.45) is 2.75. The van der Waals surface area contributed by atoms with Crippen LogP contribution in [0.5, 0.6) is 0 Å². The fourth-order valence-corrected chi connectivity index (χ4v) is 1.36. The van der Waals surface area contributed by atoms with Gasteiger partial charge in [0, 0.05) is 11.8 Å². The predicted octanol–water partition coefficient (Wildman–Crippen LogP) is 0.464. The van der Waals surface area contributed by atoms with Crippen molar-refractivity contribution in [1.82, 2.24) is 0 Å². The molecule has 1 N–H and O–H groups in total. The summed E-state index contributed by atoms with van der Waals surface area (Å²) in [5, 5.41) is 9.00. The summed E-state index contributed by atoms with van der Waals surface area (Å²) in [6.45, 7) is 9.18. The minimum absolute atomic E-state index is 0.102. The molecule has 0 aliphatic carbocycles. The first-order valence-electron chi connectivity index (χ1n) is 6.63. The number of rotatable bonds is 8. The summed E-state index contributed by atoms with van der Waals surface area (Å²) in [7, 11) is -1.93. The number of carbonyl (C=O) groups excluding carboxylic acids is 1. The van der Waals surface area contributed by atoms with E-state index in [4.69, 9.17) is 22.8 Å². The van der Waals surface area contributed by atoms with Gasteiger partial charge >= 0.3 is 5.97 Å². The van der Waals surface area contributed by atoms with Crippen LogP contribution in [0.4, 0.5) is 0 Å². The van der Waals surface area contributed by atoms with Gasteiger partial charge in [-0.1, -0.05) is 19.9 Å². The fourth-order valence-electron chi connectivity index (χ4n) is 1.36. The second kappa shape index (κ2) is 10.7. The summed E-state index contributed by atoms with van der Waals surface area (Å²) in [6, 6.07) is 0. The molecular weight excluding hydrogens is 298 g/mol. The van der Waals surface area contributed by atoms with E-state index in [2.05, 4.69) is 13.5 Å². The molecule has 21 heavy (non-hydrogen) atoms. The van der Waals surface area contributed by atoms with Crippen molar-refractivity contribution in [3.63, 3.8) is 0 Å². The van der Waals surface area contributed by atoms with Crippen molar-refractivity contribution in [3.05, 3.63) is 12.2 Å². The van der Waals surface area contributed by atoms with Crippen LogP contribution in [0, 0.1) is 0 Å². The van der Waals surface area contributed by atoms with Crippen LogP contribution in [0.1, 0.15) is 26.7 Å². The maximum atomic E-state index is 11.3. The van der Waals surface area contributed by atoms with Gasteiger partial charge in [-0.25, -0.2) is 13.2 Å². The van der Waals surface area contributed by atoms with Crippen LogP contribution in [-0.2, 0) is 19.6 Å². The van der Waals surface area contributed by atoms with E-state index in [1.54, 1.807) is 6.92 Å². The highest BCUT2D eigenvalue weighted by atomic mass is 32.2. The van der Waals surface area contributed by atoms with Crippen molar-refractivity contribution >= 4 is 16.1 Å². The van der Waals surface area contributed by atoms with Gasteiger partial charge < -0.3 is 14.4 Å². The Hall–Kier alpha value is -0.960. The SMILES string of the molecule is C=C(C)C(=O)OC[N+](C)(CCO)CCCC.CS(=O)(=O)[O-]. The molecule has 0 aromatic heterocycles. The third kappa shape index (κ3) is 17.0. The highest BCUT2D eigenvalue weighted by Crippen LogP contribution is 2.07. The zero-order chi connectivity index (χ0) is 17.1. The van der Waals surface area contributed by atoms with E-state index in [9.17, 15) is 4.79 Å². The number of likely N-dealkylation sites (N-methyl/N-ethyl adjacent to an activating group) is 1. The van der Waals surface area contributed by atoms with Crippen molar-refractivity contribution in [2.45, 2.75) is 26.7 Å². The van der Waals surface area contributed by atoms with Crippen molar-refractivity contribution in [1.29, 1.82) is 0 Å². The highest BCUT2D eigenvalue weighted by Gasteiger charge is 2.22. The average molecular weight is 325 g/mol. The molecule has 0 amide bonds. The second-order valence-electron chi connectivity index (χ2n) is 5.19. The van der Waals surface area contributed by atoms with Crippen LogP contribution in [0.25, 0.3) is 0 Å². The number of hydrogen-bond acceptors (Lipinski definition) is 6. The standard InChI is InChI=1S/C12H24NO3.CH4O3S/c1-5-6-7-13(4,8-9-14)10-16-12(15)11(2)3;1-5(2,3)4/h14H,2,5-10H2,1,3-4H3;1H3,(H,2,3,4)/q+1;/p-1. The van der Waals surface area contributed by atoms with Gasteiger partial charge in [0.15, 0.2) is 0 Å². The quantitative estimate of drug-likeness (QED) is 0.229. The van der Waals surface area contributed by atoms with Crippen LogP contribution in [0.3, 0.4) is 0 Å². The summed E-state index contributed by atoms with van der Waals surface area (Å²) in [4.78, 5) is 11.3. The van der Waals surface area contributed by atoms with Crippen LogP contribution >= 0.6 is 0 Å². The van der Waals surface area contributed by atoms with E-state index in [-0.39, 0.29) is 12.6 Å². The Labute approximate surface area is 127 Å². The predicted molar refractivity (Wildman–Crippen MR) is 79.3 cm³/mol. The molecule has 0 aliphatic heterocycles. The normalized spacial score (nSPS) is 13.6. The Morgan fingerprint density at radius 1 is 1.38 bits per heavy atom. The molecule has 0 radical (unpaired) electrons. The Morgan fingerprint density at radius 2 is 1.86 bits per heavy atom. The van der Waals surface area contributed by atoms with Crippen LogP contribution in [-0.4, -0.2) is 68.3 Å². The van der Waals surface area contributed by atoms with Gasteiger partial charge in [-0.15, -0.1) is 0 Å². The second-order valence-corrected chi connectivity index (χ2v) is 6.60. The van der Waals surface area contributed by atoms with Gasteiger partial charge in [0.1, 0.15) is 6.54 Å².